The van der Waals surface area contributed by atoms with Gasteiger partial charge in [0.1, 0.15) is 6.54 Å². The van der Waals surface area contributed by atoms with Gasteiger partial charge < -0.3 is 20.3 Å². The molecule has 6 heteroatoms. The Bertz CT molecular complexity index is 1020. The first-order chi connectivity index (χ1) is 13.4. The number of H-pyrrole nitrogens is 1. The molecule has 0 saturated carbocycles. The lowest BCUT2D eigenvalue weighted by Crippen LogP contribution is -2.16. The zero-order valence-electron chi connectivity index (χ0n) is 15.9. The Morgan fingerprint density at radius 2 is 1.71 bits per heavy atom. The largest absolute Gasteiger partial charge is 0.480 e. The van der Waals surface area contributed by atoms with Gasteiger partial charge in [0.15, 0.2) is 0 Å². The summed E-state index contributed by atoms with van der Waals surface area (Å²) in [6, 6.07) is 19.1. The zero-order valence-corrected chi connectivity index (χ0v) is 15.9. The van der Waals surface area contributed by atoms with E-state index in [0.717, 1.165) is 22.5 Å². The highest BCUT2D eigenvalue weighted by Crippen LogP contribution is 2.21. The van der Waals surface area contributed by atoms with Crippen LogP contribution in [0.2, 0.25) is 0 Å². The van der Waals surface area contributed by atoms with Crippen molar-refractivity contribution < 1.29 is 9.90 Å². The summed E-state index contributed by atoms with van der Waals surface area (Å²) in [7, 11) is 3.96. The molecule has 0 aliphatic carbocycles. The number of nitrogens with one attached hydrogen (secondary N) is 2. The minimum Gasteiger partial charge on any atom is -0.480 e. The number of benzene rings is 2. The topological polar surface area (TPSA) is 85.4 Å². The van der Waals surface area contributed by atoms with E-state index in [2.05, 4.69) is 10.3 Å². The first-order valence-electron chi connectivity index (χ1n) is 8.97. The molecule has 0 radical (unpaired) electrons. The fourth-order valence-electron chi connectivity index (χ4n) is 2.97. The van der Waals surface area contributed by atoms with E-state index >= 15 is 0 Å². The molecule has 0 saturated heterocycles. The number of anilines is 2. The van der Waals surface area contributed by atoms with Crippen LogP contribution in [0.3, 0.4) is 0 Å². The van der Waals surface area contributed by atoms with Gasteiger partial charge in [-0.2, -0.15) is 0 Å². The number of aromatic amines is 1. The second-order valence-electron chi connectivity index (χ2n) is 6.75. The summed E-state index contributed by atoms with van der Waals surface area (Å²) in [5.74, 6) is -0.933. The molecule has 1 heterocycles. The number of rotatable bonds is 7. The summed E-state index contributed by atoms with van der Waals surface area (Å²) in [4.78, 5) is 28.4. The molecule has 0 bridgehead atoms. The van der Waals surface area contributed by atoms with Gasteiger partial charge in [-0.1, -0.05) is 36.4 Å². The lowest BCUT2D eigenvalue weighted by Gasteiger charge is -2.13. The molecule has 6 nitrogen and oxygen atoms in total. The molecule has 0 fully saturated rings. The number of nitrogens with zero attached hydrogens (tertiary/aromatic N) is 1. The first-order valence-corrected chi connectivity index (χ1v) is 8.97. The maximum atomic E-state index is 12.6. The molecule has 28 heavy (non-hydrogen) atoms. The normalized spacial score (nSPS) is 10.5. The Kier molecular flexibility index (Phi) is 5.79. The molecular formula is C22H23N3O3. The van der Waals surface area contributed by atoms with Crippen molar-refractivity contribution >= 4 is 17.3 Å². The Labute approximate surface area is 163 Å². The van der Waals surface area contributed by atoms with Gasteiger partial charge in [0.05, 0.1) is 0 Å². The molecule has 3 rings (SSSR count). The zero-order chi connectivity index (χ0) is 20.1. The number of carboxylic acids is 1. The first kappa shape index (κ1) is 19.2. The van der Waals surface area contributed by atoms with Crippen LogP contribution in [0, 0.1) is 0 Å². The minimum absolute atomic E-state index is 0.151. The molecule has 1 aromatic heterocycles. The number of hydrogen-bond donors (Lipinski definition) is 3. The Hall–Kier alpha value is -3.54. The number of carboxylic acid groups (broad SMARTS) is 1. The van der Waals surface area contributed by atoms with Gasteiger partial charge in [-0.15, -0.1) is 0 Å². The van der Waals surface area contributed by atoms with E-state index in [1.54, 1.807) is 0 Å². The SMILES string of the molecule is CN(C)c1ccc(-c2ccc(Cc3ccccc3NCC(=O)O)c(=O)[nH]2)cc1. The van der Waals surface area contributed by atoms with Gasteiger partial charge in [-0.25, -0.2) is 0 Å². The number of aliphatic carboxylic acids is 1. The standard InChI is InChI=1S/C22H23N3O3/c1-25(2)18-10-7-15(8-11-18)20-12-9-17(22(28)24-20)13-16-5-3-4-6-19(16)23-14-21(26)27/h3-12,23H,13-14H2,1-2H3,(H,24,28)(H,26,27). The highest BCUT2D eigenvalue weighted by molar-refractivity contribution is 5.73. The van der Waals surface area contributed by atoms with Gasteiger partial charge in [0.25, 0.3) is 5.56 Å². The average molecular weight is 377 g/mol. The molecule has 0 aliphatic heterocycles. The number of pyridine rings is 1. The van der Waals surface area contributed by atoms with E-state index in [1.807, 2.05) is 79.7 Å². The summed E-state index contributed by atoms with van der Waals surface area (Å²) < 4.78 is 0. The van der Waals surface area contributed by atoms with E-state index in [-0.39, 0.29) is 12.1 Å². The van der Waals surface area contributed by atoms with Crippen molar-refractivity contribution in [2.24, 2.45) is 0 Å². The molecule has 0 spiro atoms. The lowest BCUT2D eigenvalue weighted by atomic mass is 10.0. The lowest BCUT2D eigenvalue weighted by molar-refractivity contribution is -0.134. The van der Waals surface area contributed by atoms with Crippen molar-refractivity contribution in [3.05, 3.63) is 82.1 Å². The van der Waals surface area contributed by atoms with Crippen LogP contribution in [0.1, 0.15) is 11.1 Å². The van der Waals surface area contributed by atoms with Crippen LogP contribution in [0.15, 0.2) is 65.5 Å². The Balaban J connectivity index is 1.82. The van der Waals surface area contributed by atoms with Gasteiger partial charge in [0, 0.05) is 43.1 Å². The second-order valence-corrected chi connectivity index (χ2v) is 6.75. The van der Waals surface area contributed by atoms with Crippen LogP contribution in [-0.2, 0) is 11.2 Å². The van der Waals surface area contributed by atoms with E-state index in [9.17, 15) is 9.59 Å². The van der Waals surface area contributed by atoms with Crippen molar-refractivity contribution in [3.8, 4) is 11.3 Å². The molecule has 3 aromatic rings. The van der Waals surface area contributed by atoms with Crippen molar-refractivity contribution in [2.75, 3.05) is 30.9 Å². The number of hydrogen-bond acceptors (Lipinski definition) is 4. The third-order valence-electron chi connectivity index (χ3n) is 4.51. The summed E-state index contributed by atoms with van der Waals surface area (Å²) in [6.45, 7) is -0.171. The predicted molar refractivity (Wildman–Crippen MR) is 112 cm³/mol. The van der Waals surface area contributed by atoms with Crippen LogP contribution in [0.25, 0.3) is 11.3 Å². The molecule has 0 atom stereocenters. The van der Waals surface area contributed by atoms with Crippen LogP contribution in [-0.4, -0.2) is 36.7 Å². The predicted octanol–water partition coefficient (Wildman–Crippen LogP) is 3.20. The fourth-order valence-corrected chi connectivity index (χ4v) is 2.97. The molecule has 3 N–H and O–H groups in total. The van der Waals surface area contributed by atoms with Crippen molar-refractivity contribution in [2.45, 2.75) is 6.42 Å². The van der Waals surface area contributed by atoms with Crippen molar-refractivity contribution in [3.63, 3.8) is 0 Å². The van der Waals surface area contributed by atoms with Gasteiger partial charge >= 0.3 is 5.97 Å². The van der Waals surface area contributed by atoms with Crippen LogP contribution in [0.5, 0.6) is 0 Å². The van der Waals surface area contributed by atoms with E-state index in [4.69, 9.17) is 5.11 Å². The quantitative estimate of drug-likeness (QED) is 0.589. The van der Waals surface area contributed by atoms with Crippen LogP contribution < -0.4 is 15.8 Å². The van der Waals surface area contributed by atoms with Crippen LogP contribution in [0.4, 0.5) is 11.4 Å². The summed E-state index contributed by atoms with van der Waals surface area (Å²) >= 11 is 0. The minimum atomic E-state index is -0.933. The summed E-state index contributed by atoms with van der Waals surface area (Å²) in [5, 5.41) is 11.8. The number of para-hydroxylation sites is 1. The van der Waals surface area contributed by atoms with Crippen molar-refractivity contribution in [1.29, 1.82) is 0 Å². The average Bonchev–Trinajstić information content (AvgIpc) is 2.69. The van der Waals surface area contributed by atoms with E-state index in [0.29, 0.717) is 17.7 Å². The van der Waals surface area contributed by atoms with Gasteiger partial charge in [-0.05, 0) is 35.4 Å². The maximum Gasteiger partial charge on any atom is 0.322 e. The Morgan fingerprint density at radius 3 is 2.36 bits per heavy atom. The maximum absolute atomic E-state index is 12.6. The van der Waals surface area contributed by atoms with Gasteiger partial charge in [0.2, 0.25) is 0 Å². The fraction of sp³-hybridized carbons (Fsp3) is 0.182. The summed E-state index contributed by atoms with van der Waals surface area (Å²) in [5.41, 5.74) is 4.85. The molecular weight excluding hydrogens is 354 g/mol. The monoisotopic (exact) mass is 377 g/mol. The summed E-state index contributed by atoms with van der Waals surface area (Å²) in [6.07, 6.45) is 0.415. The van der Waals surface area contributed by atoms with E-state index in [1.165, 1.54) is 0 Å². The highest BCUT2D eigenvalue weighted by atomic mass is 16.4. The molecule has 144 valence electrons. The number of carbonyl (C=O) groups is 1. The van der Waals surface area contributed by atoms with Crippen LogP contribution >= 0.6 is 0 Å². The van der Waals surface area contributed by atoms with Crippen molar-refractivity contribution in [1.82, 2.24) is 4.98 Å². The molecule has 0 amide bonds. The third-order valence-corrected chi connectivity index (χ3v) is 4.51. The third kappa shape index (κ3) is 4.59. The van der Waals surface area contributed by atoms with E-state index < -0.39 is 5.97 Å². The number of aromatic nitrogens is 1. The second kappa shape index (κ2) is 8.43. The highest BCUT2D eigenvalue weighted by Gasteiger charge is 2.09. The van der Waals surface area contributed by atoms with Gasteiger partial charge in [-0.3, -0.25) is 9.59 Å². The Morgan fingerprint density at radius 1 is 1.00 bits per heavy atom. The molecule has 2 aromatic carbocycles. The smallest absolute Gasteiger partial charge is 0.322 e. The molecule has 0 unspecified atom stereocenters. The molecule has 0 aliphatic rings.